The van der Waals surface area contributed by atoms with Crippen molar-refractivity contribution >= 4 is 45.8 Å². The summed E-state index contributed by atoms with van der Waals surface area (Å²) in [4.78, 5) is 60.4. The highest BCUT2D eigenvalue weighted by Crippen LogP contribution is 2.49. The van der Waals surface area contributed by atoms with Gasteiger partial charge >= 0.3 is 11.9 Å². The van der Waals surface area contributed by atoms with Crippen molar-refractivity contribution in [1.82, 2.24) is 0 Å². The summed E-state index contributed by atoms with van der Waals surface area (Å²) in [5, 5.41) is 1.64. The van der Waals surface area contributed by atoms with Gasteiger partial charge in [-0.15, -0.1) is 11.3 Å². The van der Waals surface area contributed by atoms with Gasteiger partial charge in [0.2, 0.25) is 5.91 Å². The third-order valence-electron chi connectivity index (χ3n) is 6.73. The fraction of sp³-hybridized carbons (Fsp3) is 0.286. The summed E-state index contributed by atoms with van der Waals surface area (Å²) in [6.07, 6.45) is -1.12. The number of carbonyl (C=O) groups is 4. The largest absolute Gasteiger partial charge is 0.465 e. The van der Waals surface area contributed by atoms with Gasteiger partial charge in [0.15, 0.2) is 6.10 Å². The molecule has 196 valence electrons. The number of imide groups is 1. The number of para-hydroxylation sites is 1. The number of hydrogen-bond acceptors (Lipinski definition) is 9. The Hall–Kier alpha value is -4.02. The zero-order valence-electron chi connectivity index (χ0n) is 21.3. The van der Waals surface area contributed by atoms with Crippen LogP contribution in [0.15, 0.2) is 54.6 Å². The van der Waals surface area contributed by atoms with Gasteiger partial charge in [0.25, 0.3) is 5.91 Å². The van der Waals surface area contributed by atoms with Gasteiger partial charge in [0.05, 0.1) is 31.0 Å². The second-order valence-electron chi connectivity index (χ2n) is 9.03. The first-order valence-electron chi connectivity index (χ1n) is 12.1. The monoisotopic (exact) mass is 534 g/mol. The Balaban J connectivity index is 1.61. The third-order valence-corrected chi connectivity index (χ3v) is 7.98. The molecule has 0 N–H and O–H groups in total. The molecule has 0 radical (unpaired) electrons. The number of thiophene rings is 1. The maximum Gasteiger partial charge on any atom is 0.348 e. The van der Waals surface area contributed by atoms with Crippen molar-refractivity contribution in [3.63, 3.8) is 0 Å². The maximum atomic E-state index is 14.0. The van der Waals surface area contributed by atoms with E-state index in [1.165, 1.54) is 7.11 Å². The van der Waals surface area contributed by atoms with Gasteiger partial charge in [0.1, 0.15) is 15.8 Å². The average Bonchev–Trinajstić information content (AvgIpc) is 3.55. The molecule has 2 aromatic carbocycles. The summed E-state index contributed by atoms with van der Waals surface area (Å²) < 4.78 is 10.1. The summed E-state index contributed by atoms with van der Waals surface area (Å²) in [5.41, 5.74) is 2.82. The fourth-order valence-electron chi connectivity index (χ4n) is 4.91. The molecule has 5 rings (SSSR count). The summed E-state index contributed by atoms with van der Waals surface area (Å²) >= 11 is 0.857. The fourth-order valence-corrected chi connectivity index (χ4v) is 6.11. The molecule has 0 bridgehead atoms. The van der Waals surface area contributed by atoms with Gasteiger partial charge in [-0.3, -0.25) is 14.4 Å². The summed E-state index contributed by atoms with van der Waals surface area (Å²) in [5.74, 6) is -3.42. The summed E-state index contributed by atoms with van der Waals surface area (Å²) in [7, 11) is 1.20. The lowest BCUT2D eigenvalue weighted by atomic mass is 9.90. The highest BCUT2D eigenvalue weighted by molar-refractivity contribution is 7.19. The van der Waals surface area contributed by atoms with Gasteiger partial charge in [-0.25, -0.2) is 19.6 Å². The van der Waals surface area contributed by atoms with Crippen molar-refractivity contribution in [3.8, 4) is 0 Å². The van der Waals surface area contributed by atoms with Crippen LogP contribution in [0.3, 0.4) is 0 Å². The molecular formula is C28H26N2O7S. The third kappa shape index (κ3) is 4.06. The normalized spacial score (nSPS) is 20.6. The molecule has 0 spiro atoms. The Labute approximate surface area is 223 Å². The van der Waals surface area contributed by atoms with Crippen LogP contribution < -0.4 is 9.96 Å². The molecule has 9 nitrogen and oxygen atoms in total. The number of methoxy groups -OCH3 is 1. The van der Waals surface area contributed by atoms with Crippen molar-refractivity contribution in [1.29, 1.82) is 0 Å². The van der Waals surface area contributed by atoms with Crippen molar-refractivity contribution in [2.45, 2.75) is 32.9 Å². The molecule has 0 aliphatic carbocycles. The van der Waals surface area contributed by atoms with Crippen molar-refractivity contribution in [2.24, 2.45) is 5.92 Å². The predicted octanol–water partition coefficient (Wildman–Crippen LogP) is 4.38. The van der Waals surface area contributed by atoms with Crippen LogP contribution in [0.5, 0.6) is 0 Å². The van der Waals surface area contributed by atoms with Gasteiger partial charge in [-0.2, -0.15) is 0 Å². The van der Waals surface area contributed by atoms with E-state index in [0.717, 1.165) is 27.4 Å². The first-order valence-corrected chi connectivity index (χ1v) is 12.9. The Morgan fingerprint density at radius 2 is 1.66 bits per heavy atom. The number of benzene rings is 2. The van der Waals surface area contributed by atoms with Gasteiger partial charge in [-0.05, 0) is 44.0 Å². The van der Waals surface area contributed by atoms with Gasteiger partial charge < -0.3 is 9.47 Å². The highest BCUT2D eigenvalue weighted by Gasteiger charge is 2.61. The number of fused-ring (bicyclic) bond motifs is 1. The molecule has 2 saturated heterocycles. The number of esters is 2. The predicted molar refractivity (Wildman–Crippen MR) is 140 cm³/mol. The Kier molecular flexibility index (Phi) is 6.77. The molecular weight excluding hydrogens is 508 g/mol. The lowest BCUT2D eigenvalue weighted by Gasteiger charge is -2.28. The Morgan fingerprint density at radius 3 is 2.29 bits per heavy atom. The van der Waals surface area contributed by atoms with E-state index < -0.39 is 41.8 Å². The van der Waals surface area contributed by atoms with Crippen LogP contribution in [-0.2, 0) is 23.9 Å². The van der Waals surface area contributed by atoms with Crippen LogP contribution in [0, 0.1) is 19.8 Å². The summed E-state index contributed by atoms with van der Waals surface area (Å²) in [6.45, 7) is 5.32. The highest BCUT2D eigenvalue weighted by atomic mass is 32.1. The molecule has 38 heavy (non-hydrogen) atoms. The number of ether oxygens (including phenoxy) is 2. The van der Waals surface area contributed by atoms with E-state index in [1.54, 1.807) is 18.9 Å². The van der Waals surface area contributed by atoms with Crippen LogP contribution in [0.4, 0.5) is 10.7 Å². The average molecular weight is 535 g/mol. The summed E-state index contributed by atoms with van der Waals surface area (Å²) in [6, 6.07) is 16.4. The van der Waals surface area contributed by atoms with E-state index >= 15 is 0 Å². The maximum absolute atomic E-state index is 14.0. The SMILES string of the molecule is CCOC(=O)c1sc(N2C(=O)[C@@H]3[C@H](ON(c4ccccc4)[C@@H]3c3ccc(C)cc3)C2=O)c(C(=O)OC)c1C. The lowest BCUT2D eigenvalue weighted by Crippen LogP contribution is -2.37. The molecule has 2 aliphatic heterocycles. The van der Waals surface area contributed by atoms with Crippen LogP contribution in [-0.4, -0.2) is 43.6 Å². The van der Waals surface area contributed by atoms with Crippen LogP contribution in [0.1, 0.15) is 49.7 Å². The van der Waals surface area contributed by atoms with Crippen LogP contribution in [0.25, 0.3) is 0 Å². The molecule has 3 atom stereocenters. The lowest BCUT2D eigenvalue weighted by molar-refractivity contribution is -0.126. The number of hydrogen-bond donors (Lipinski definition) is 0. The van der Waals surface area contributed by atoms with E-state index in [1.807, 2.05) is 61.5 Å². The Morgan fingerprint density at radius 1 is 0.974 bits per heavy atom. The number of aryl methyl sites for hydroxylation is 1. The second-order valence-corrected chi connectivity index (χ2v) is 10.0. The quantitative estimate of drug-likeness (QED) is 0.339. The number of hydroxylamine groups is 1. The van der Waals surface area contributed by atoms with E-state index in [4.69, 9.17) is 14.3 Å². The van der Waals surface area contributed by atoms with Crippen molar-refractivity contribution < 1.29 is 33.5 Å². The standard InChI is InChI=1S/C28H26N2O7S/c1-5-36-28(34)23-16(3)19(27(33)35-4)26(38-23)29-24(31)20-21(17-13-11-15(2)12-14-17)30(37-22(20)25(29)32)18-9-7-6-8-10-18/h6-14,20-22H,5H2,1-4H3/t20-,21+,22-/m0/s1. The number of amides is 2. The smallest absolute Gasteiger partial charge is 0.348 e. The molecule has 1 aromatic heterocycles. The minimum Gasteiger partial charge on any atom is -0.465 e. The number of carbonyl (C=O) groups excluding carboxylic acids is 4. The zero-order valence-corrected chi connectivity index (χ0v) is 22.1. The molecule has 2 amide bonds. The van der Waals surface area contributed by atoms with Crippen molar-refractivity contribution in [3.05, 3.63) is 81.7 Å². The number of nitrogens with zero attached hydrogens (tertiary/aromatic N) is 2. The molecule has 0 unspecified atom stereocenters. The van der Waals surface area contributed by atoms with Crippen LogP contribution >= 0.6 is 11.3 Å². The molecule has 0 saturated carbocycles. The first kappa shape index (κ1) is 25.6. The Bertz CT molecular complexity index is 1420. The molecule has 3 heterocycles. The zero-order chi connectivity index (χ0) is 27.1. The van der Waals surface area contributed by atoms with Gasteiger partial charge in [-0.1, -0.05) is 48.0 Å². The molecule has 10 heteroatoms. The molecule has 2 aliphatic rings. The topological polar surface area (TPSA) is 102 Å². The van der Waals surface area contributed by atoms with E-state index in [0.29, 0.717) is 5.69 Å². The van der Waals surface area contributed by atoms with E-state index in [2.05, 4.69) is 0 Å². The van der Waals surface area contributed by atoms with E-state index in [-0.39, 0.29) is 27.6 Å². The van der Waals surface area contributed by atoms with E-state index in [9.17, 15) is 19.2 Å². The first-order chi connectivity index (χ1) is 18.3. The number of rotatable bonds is 6. The molecule has 3 aromatic rings. The van der Waals surface area contributed by atoms with Gasteiger partial charge in [0, 0.05) is 0 Å². The van der Waals surface area contributed by atoms with Crippen LogP contribution in [0.2, 0.25) is 0 Å². The minimum atomic E-state index is -1.12. The minimum absolute atomic E-state index is 0.0194. The molecule has 2 fully saturated rings. The second kappa shape index (κ2) is 10.0. The number of anilines is 2. The van der Waals surface area contributed by atoms with Crippen molar-refractivity contribution in [2.75, 3.05) is 23.7 Å².